The number of ether oxygens (including phenoxy) is 1. The number of pyridine rings is 1. The molecule has 166 valence electrons. The molecule has 2 aromatic rings. The van der Waals surface area contributed by atoms with Crippen molar-refractivity contribution in [2.75, 3.05) is 7.11 Å². The summed E-state index contributed by atoms with van der Waals surface area (Å²) in [5.74, 6) is -1.14. The van der Waals surface area contributed by atoms with Gasteiger partial charge in [0.05, 0.1) is 24.8 Å². The van der Waals surface area contributed by atoms with Gasteiger partial charge in [-0.05, 0) is 37.5 Å². The van der Waals surface area contributed by atoms with E-state index in [2.05, 4.69) is 4.74 Å². The van der Waals surface area contributed by atoms with Crippen LogP contribution in [0.4, 0.5) is 13.2 Å². The van der Waals surface area contributed by atoms with Crippen LogP contribution in [0.5, 0.6) is 0 Å². The number of nitriles is 1. The van der Waals surface area contributed by atoms with Gasteiger partial charge >= 0.3 is 12.1 Å². The van der Waals surface area contributed by atoms with Crippen LogP contribution in [-0.4, -0.2) is 17.6 Å². The predicted molar refractivity (Wildman–Crippen MR) is 112 cm³/mol. The summed E-state index contributed by atoms with van der Waals surface area (Å²) < 4.78 is 46.8. The van der Waals surface area contributed by atoms with E-state index in [0.717, 1.165) is 22.8 Å². The Bertz CT molecular complexity index is 1230. The van der Waals surface area contributed by atoms with Gasteiger partial charge in [-0.25, -0.2) is 4.79 Å². The number of allylic oxidation sites excluding steroid dienone is 2. The lowest BCUT2D eigenvalue weighted by atomic mass is 9.91. The summed E-state index contributed by atoms with van der Waals surface area (Å²) in [6.45, 7) is 3.79. The normalized spacial score (nSPS) is 15.8. The number of carbonyl (C=O) groups is 1. The van der Waals surface area contributed by atoms with Gasteiger partial charge in [0.15, 0.2) is 0 Å². The number of hydrogen-bond acceptors (Lipinski definition) is 4. The number of methoxy groups -OCH3 is 1. The van der Waals surface area contributed by atoms with Crippen LogP contribution in [0.25, 0.3) is 0 Å². The van der Waals surface area contributed by atoms with Gasteiger partial charge in [0.25, 0.3) is 5.56 Å². The minimum Gasteiger partial charge on any atom is -0.465 e. The molecular formula is C24H21F3N2O3. The highest BCUT2D eigenvalue weighted by atomic mass is 19.4. The summed E-state index contributed by atoms with van der Waals surface area (Å²) >= 11 is 0. The molecule has 1 aromatic carbocycles. The van der Waals surface area contributed by atoms with Crippen molar-refractivity contribution in [3.8, 4) is 6.07 Å². The molecular weight excluding hydrogens is 421 g/mol. The third kappa shape index (κ3) is 4.52. The van der Waals surface area contributed by atoms with Crippen LogP contribution in [0.15, 0.2) is 52.9 Å². The molecule has 0 spiro atoms. The lowest BCUT2D eigenvalue weighted by Gasteiger charge is -2.23. The first-order valence-corrected chi connectivity index (χ1v) is 9.84. The molecule has 8 heteroatoms. The second kappa shape index (κ2) is 8.87. The van der Waals surface area contributed by atoms with E-state index in [9.17, 15) is 28.0 Å². The average molecular weight is 442 g/mol. The quantitative estimate of drug-likeness (QED) is 0.652. The number of benzene rings is 1. The maximum Gasteiger partial charge on any atom is 0.417 e. The second-order valence-corrected chi connectivity index (χ2v) is 7.64. The number of aryl methyl sites for hydroxylation is 2. The van der Waals surface area contributed by atoms with Crippen LogP contribution in [0.2, 0.25) is 0 Å². The maximum absolute atomic E-state index is 13.7. The van der Waals surface area contributed by atoms with Crippen LogP contribution in [-0.2, 0) is 22.3 Å². The standard InChI is InChI=1S/C24H21F3N2O3/c1-14-4-5-18(15(2)10-14)13-29-21(16-6-8-17(9-7-16)23(31)32-3)11-20(24(25,26)27)19(12-28)22(29)30/h4-6,8-11,16H,7,13H2,1-3H3. The number of halogens is 3. The molecule has 32 heavy (non-hydrogen) atoms. The van der Waals surface area contributed by atoms with Crippen molar-refractivity contribution >= 4 is 5.97 Å². The van der Waals surface area contributed by atoms with E-state index < -0.39 is 34.7 Å². The summed E-state index contributed by atoms with van der Waals surface area (Å²) in [7, 11) is 1.24. The highest BCUT2D eigenvalue weighted by molar-refractivity contribution is 5.91. The van der Waals surface area contributed by atoms with Crippen LogP contribution in [0.3, 0.4) is 0 Å². The largest absolute Gasteiger partial charge is 0.465 e. The zero-order valence-electron chi connectivity index (χ0n) is 17.8. The van der Waals surface area contributed by atoms with Crippen LogP contribution >= 0.6 is 0 Å². The lowest BCUT2D eigenvalue weighted by Crippen LogP contribution is -2.31. The maximum atomic E-state index is 13.7. The minimum absolute atomic E-state index is 0.0189. The number of alkyl halides is 3. The summed E-state index contributed by atoms with van der Waals surface area (Å²) in [6, 6.07) is 7.90. The fourth-order valence-electron chi connectivity index (χ4n) is 3.77. The van der Waals surface area contributed by atoms with E-state index in [0.29, 0.717) is 0 Å². The molecule has 5 nitrogen and oxygen atoms in total. The Morgan fingerprint density at radius 2 is 2.00 bits per heavy atom. The Morgan fingerprint density at radius 1 is 1.28 bits per heavy atom. The third-order valence-electron chi connectivity index (χ3n) is 5.48. The first-order valence-electron chi connectivity index (χ1n) is 9.84. The number of carbonyl (C=O) groups excluding carboxylic acids is 1. The monoisotopic (exact) mass is 442 g/mol. The van der Waals surface area contributed by atoms with Gasteiger partial charge in [-0.15, -0.1) is 0 Å². The molecule has 0 radical (unpaired) electrons. The zero-order valence-corrected chi connectivity index (χ0v) is 17.8. The van der Waals surface area contributed by atoms with Crippen molar-refractivity contribution < 1.29 is 22.7 Å². The van der Waals surface area contributed by atoms with Crippen molar-refractivity contribution in [1.29, 1.82) is 5.26 Å². The minimum atomic E-state index is -4.86. The Hall–Kier alpha value is -3.60. The van der Waals surface area contributed by atoms with Crippen molar-refractivity contribution in [1.82, 2.24) is 4.57 Å². The molecule has 1 atom stereocenters. The van der Waals surface area contributed by atoms with Gasteiger partial charge in [0.2, 0.25) is 0 Å². The van der Waals surface area contributed by atoms with E-state index in [-0.39, 0.29) is 24.2 Å². The summed E-state index contributed by atoms with van der Waals surface area (Å²) in [6.07, 6.45) is -0.0449. The number of aromatic nitrogens is 1. The van der Waals surface area contributed by atoms with E-state index >= 15 is 0 Å². The SMILES string of the molecule is COC(=O)C1=CCC(c2cc(C(F)(F)F)c(C#N)c(=O)n2Cc2ccc(C)cc2C)C=C1. The highest BCUT2D eigenvalue weighted by Crippen LogP contribution is 2.35. The molecule has 1 heterocycles. The molecule has 0 saturated carbocycles. The zero-order chi connectivity index (χ0) is 23.6. The highest BCUT2D eigenvalue weighted by Gasteiger charge is 2.37. The third-order valence-corrected chi connectivity index (χ3v) is 5.48. The Morgan fingerprint density at radius 3 is 2.53 bits per heavy atom. The van der Waals surface area contributed by atoms with Crippen molar-refractivity contribution in [2.45, 2.75) is 38.9 Å². The van der Waals surface area contributed by atoms with Crippen molar-refractivity contribution in [3.05, 3.63) is 91.9 Å². The van der Waals surface area contributed by atoms with Gasteiger partial charge in [0, 0.05) is 11.6 Å². The fraction of sp³-hybridized carbons (Fsp3) is 0.292. The summed E-state index contributed by atoms with van der Waals surface area (Å²) in [5, 5.41) is 9.33. The van der Waals surface area contributed by atoms with Gasteiger partial charge < -0.3 is 9.30 Å². The van der Waals surface area contributed by atoms with Crippen LogP contribution in [0.1, 0.15) is 45.8 Å². The predicted octanol–water partition coefficient (Wildman–Crippen LogP) is 4.55. The lowest BCUT2D eigenvalue weighted by molar-refractivity contribution is -0.138. The fourth-order valence-corrected chi connectivity index (χ4v) is 3.77. The molecule has 0 fully saturated rings. The van der Waals surface area contributed by atoms with E-state index in [1.165, 1.54) is 23.8 Å². The molecule has 0 aliphatic heterocycles. The molecule has 1 aliphatic carbocycles. The number of hydrogen-bond donors (Lipinski definition) is 0. The topological polar surface area (TPSA) is 72.1 Å². The van der Waals surface area contributed by atoms with Gasteiger partial charge in [-0.3, -0.25) is 4.79 Å². The number of esters is 1. The Kier molecular flexibility index (Phi) is 6.40. The molecule has 1 unspecified atom stereocenters. The Balaban J connectivity index is 2.18. The van der Waals surface area contributed by atoms with Crippen LogP contribution in [0, 0.1) is 25.2 Å². The van der Waals surface area contributed by atoms with E-state index in [1.807, 2.05) is 32.0 Å². The molecule has 0 amide bonds. The molecule has 0 bridgehead atoms. The summed E-state index contributed by atoms with van der Waals surface area (Å²) in [5.41, 5.74) is -0.117. The molecule has 1 aliphatic rings. The average Bonchev–Trinajstić information content (AvgIpc) is 2.75. The van der Waals surface area contributed by atoms with E-state index in [1.54, 1.807) is 12.2 Å². The first kappa shape index (κ1) is 23.1. The molecule has 1 aromatic heterocycles. The molecule has 0 N–H and O–H groups in total. The van der Waals surface area contributed by atoms with Gasteiger partial charge in [-0.1, -0.05) is 42.0 Å². The number of rotatable bonds is 4. The smallest absolute Gasteiger partial charge is 0.417 e. The molecule has 0 saturated heterocycles. The summed E-state index contributed by atoms with van der Waals surface area (Å²) in [4.78, 5) is 24.8. The van der Waals surface area contributed by atoms with Crippen LogP contribution < -0.4 is 5.56 Å². The van der Waals surface area contributed by atoms with Gasteiger partial charge in [0.1, 0.15) is 11.6 Å². The van der Waals surface area contributed by atoms with Crippen molar-refractivity contribution in [3.63, 3.8) is 0 Å². The number of nitrogens with zero attached hydrogens (tertiary/aromatic N) is 2. The molecule has 3 rings (SSSR count). The second-order valence-electron chi connectivity index (χ2n) is 7.64. The van der Waals surface area contributed by atoms with E-state index in [4.69, 9.17) is 0 Å². The van der Waals surface area contributed by atoms with Gasteiger partial charge in [-0.2, -0.15) is 18.4 Å². The van der Waals surface area contributed by atoms with Crippen molar-refractivity contribution in [2.24, 2.45) is 0 Å². The first-order chi connectivity index (χ1) is 15.1. The Labute approximate surface area is 183 Å².